The fourth-order valence-electron chi connectivity index (χ4n) is 6.98. The number of rotatable bonds is 10. The number of fused-ring (bicyclic) bond motifs is 2. The molecule has 0 saturated heterocycles. The Labute approximate surface area is 236 Å². The predicted octanol–water partition coefficient (Wildman–Crippen LogP) is 7.20. The molecule has 0 amide bonds. The summed E-state index contributed by atoms with van der Waals surface area (Å²) in [6.07, 6.45) is 17.5. The summed E-state index contributed by atoms with van der Waals surface area (Å²) in [5, 5.41) is 9.73. The van der Waals surface area contributed by atoms with Crippen LogP contribution in [0.4, 0.5) is 0 Å². The Morgan fingerprint density at radius 2 is 1.85 bits per heavy atom. The summed E-state index contributed by atoms with van der Waals surface area (Å²) in [6, 6.07) is 4.33. The lowest BCUT2D eigenvalue weighted by Crippen LogP contribution is -2.27. The second kappa shape index (κ2) is 11.6. The molecule has 2 saturated carbocycles. The van der Waals surface area contributed by atoms with Crippen LogP contribution in [-0.2, 0) is 17.6 Å². The van der Waals surface area contributed by atoms with Gasteiger partial charge in [0.1, 0.15) is 11.2 Å². The van der Waals surface area contributed by atoms with Crippen molar-refractivity contribution in [2.24, 2.45) is 11.8 Å². The van der Waals surface area contributed by atoms with Crippen LogP contribution >= 0.6 is 0 Å². The molecule has 4 aromatic rings. The monoisotopic (exact) mass is 536 g/mol. The normalized spacial score (nSPS) is 19.6. The van der Waals surface area contributed by atoms with E-state index in [9.17, 15) is 4.79 Å². The Bertz CT molecular complexity index is 1540. The number of H-pyrrole nitrogens is 1. The number of aromatic nitrogens is 5. The third-order valence-corrected chi connectivity index (χ3v) is 9.33. The first-order chi connectivity index (χ1) is 19.5. The van der Waals surface area contributed by atoms with Crippen molar-refractivity contribution < 1.29 is 4.79 Å². The molecule has 0 aromatic carbocycles. The Morgan fingerprint density at radius 1 is 1.05 bits per heavy atom. The fraction of sp³-hybridized carbons (Fsp3) is 0.515. The van der Waals surface area contributed by atoms with Gasteiger partial charge in [0.25, 0.3) is 0 Å². The number of ketones is 1. The van der Waals surface area contributed by atoms with Gasteiger partial charge in [0.2, 0.25) is 0 Å². The molecule has 0 atom stereocenters. The lowest BCUT2D eigenvalue weighted by molar-refractivity contribution is -0.113. The van der Waals surface area contributed by atoms with Crippen molar-refractivity contribution in [1.29, 1.82) is 5.41 Å². The Kier molecular flexibility index (Phi) is 7.72. The minimum absolute atomic E-state index is 0.0744. The highest BCUT2D eigenvalue weighted by Gasteiger charge is 2.34. The van der Waals surface area contributed by atoms with E-state index in [0.717, 1.165) is 48.1 Å². The molecule has 4 aromatic heterocycles. The van der Waals surface area contributed by atoms with Crippen molar-refractivity contribution in [3.05, 3.63) is 58.8 Å². The number of aromatic amines is 1. The molecule has 0 radical (unpaired) electrons. The average molecular weight is 537 g/mol. The van der Waals surface area contributed by atoms with Gasteiger partial charge >= 0.3 is 0 Å². The van der Waals surface area contributed by atoms with E-state index in [2.05, 4.69) is 45.9 Å². The van der Waals surface area contributed by atoms with E-state index in [4.69, 9.17) is 10.4 Å². The van der Waals surface area contributed by atoms with Gasteiger partial charge in [-0.2, -0.15) is 0 Å². The topological polar surface area (TPSA) is 108 Å². The van der Waals surface area contributed by atoms with Gasteiger partial charge in [-0.25, -0.2) is 15.0 Å². The molecule has 2 N–H and O–H groups in total. The maximum absolute atomic E-state index is 12.7. The van der Waals surface area contributed by atoms with Crippen molar-refractivity contribution in [3.8, 4) is 0 Å². The molecule has 0 unspecified atom stereocenters. The highest BCUT2D eigenvalue weighted by molar-refractivity contribution is 6.38. The predicted molar refractivity (Wildman–Crippen MR) is 159 cm³/mol. The summed E-state index contributed by atoms with van der Waals surface area (Å²) >= 11 is 0. The number of carbonyl (C=O) groups is 1. The summed E-state index contributed by atoms with van der Waals surface area (Å²) < 4.78 is 0. The number of carbonyl (C=O) groups excluding carboxylic acids is 1. The van der Waals surface area contributed by atoms with Crippen LogP contribution in [0.2, 0.25) is 0 Å². The Hall–Kier alpha value is -3.48. The number of nitrogens with one attached hydrogen (secondary N) is 2. The molecule has 7 nitrogen and oxygen atoms in total. The van der Waals surface area contributed by atoms with Crippen molar-refractivity contribution >= 4 is 33.7 Å². The summed E-state index contributed by atoms with van der Waals surface area (Å²) in [4.78, 5) is 34.5. The number of Topliss-reactive ketones (excluding diaryl/α,β-unsaturated/α-hetero) is 1. The zero-order valence-corrected chi connectivity index (χ0v) is 23.8. The zero-order valence-electron chi connectivity index (χ0n) is 23.8. The number of nitrogens with zero attached hydrogens (tertiary/aromatic N) is 4. The van der Waals surface area contributed by atoms with Crippen LogP contribution < -0.4 is 0 Å². The standard InChI is InChI=1S/C33H40N6O/c1-3-28-20(2)31-26(24-13-22(14-24)16-27(34)30(40)10-9-21-7-5-4-6-8-21)18-25(38-33(31)39-28)15-23-17-29-32(37-19-23)36-12-11-35-29/h11-12,17-19,21-22,24,34H,3-10,13-16H2,1-2H3,(H,38,39). The third-order valence-electron chi connectivity index (χ3n) is 9.33. The SMILES string of the molecule is CCc1[nH]c2nc(Cc3cnc4nccnc4c3)cc(C3CC(CC(=N)C(=O)CCC4CCCCC4)C3)c2c1C. The van der Waals surface area contributed by atoms with Crippen LogP contribution in [0.5, 0.6) is 0 Å². The van der Waals surface area contributed by atoms with Crippen LogP contribution in [0.25, 0.3) is 22.2 Å². The van der Waals surface area contributed by atoms with Gasteiger partial charge in [-0.1, -0.05) is 39.0 Å². The van der Waals surface area contributed by atoms with E-state index in [-0.39, 0.29) is 5.78 Å². The number of hydrogen-bond acceptors (Lipinski definition) is 6. The lowest BCUT2D eigenvalue weighted by atomic mass is 9.68. The molecule has 2 fully saturated rings. The van der Waals surface area contributed by atoms with E-state index in [1.807, 2.05) is 6.20 Å². The molecular formula is C33H40N6O. The highest BCUT2D eigenvalue weighted by atomic mass is 16.1. The molecule has 2 aliphatic rings. The van der Waals surface area contributed by atoms with Gasteiger partial charge < -0.3 is 10.4 Å². The smallest absolute Gasteiger partial charge is 0.178 e. The van der Waals surface area contributed by atoms with Gasteiger partial charge in [-0.05, 0) is 85.6 Å². The van der Waals surface area contributed by atoms with E-state index in [1.54, 1.807) is 12.4 Å². The summed E-state index contributed by atoms with van der Waals surface area (Å²) in [6.45, 7) is 4.38. The molecule has 0 aliphatic heterocycles. The zero-order chi connectivity index (χ0) is 27.6. The maximum atomic E-state index is 12.7. The molecule has 40 heavy (non-hydrogen) atoms. The first kappa shape index (κ1) is 26.7. The molecule has 7 heteroatoms. The molecule has 208 valence electrons. The Morgan fingerprint density at radius 3 is 2.65 bits per heavy atom. The van der Waals surface area contributed by atoms with Gasteiger partial charge in [0.05, 0.1) is 5.71 Å². The fourth-order valence-corrected chi connectivity index (χ4v) is 6.98. The van der Waals surface area contributed by atoms with Gasteiger partial charge in [0, 0.05) is 48.2 Å². The van der Waals surface area contributed by atoms with Crippen molar-refractivity contribution in [2.45, 2.75) is 96.8 Å². The second-order valence-electron chi connectivity index (χ2n) is 12.1. The third kappa shape index (κ3) is 5.56. The quantitative estimate of drug-likeness (QED) is 0.208. The van der Waals surface area contributed by atoms with E-state index < -0.39 is 0 Å². The van der Waals surface area contributed by atoms with Crippen LogP contribution in [0, 0.1) is 24.2 Å². The minimum atomic E-state index is 0.0744. The Balaban J connectivity index is 1.15. The van der Waals surface area contributed by atoms with Gasteiger partial charge in [0.15, 0.2) is 11.4 Å². The van der Waals surface area contributed by atoms with Crippen molar-refractivity contribution in [1.82, 2.24) is 24.9 Å². The van der Waals surface area contributed by atoms with Gasteiger partial charge in [-0.3, -0.25) is 9.78 Å². The summed E-state index contributed by atoms with van der Waals surface area (Å²) in [5.74, 6) is 1.61. The number of pyridine rings is 2. The second-order valence-corrected chi connectivity index (χ2v) is 12.1. The maximum Gasteiger partial charge on any atom is 0.178 e. The van der Waals surface area contributed by atoms with Crippen LogP contribution in [-0.4, -0.2) is 36.4 Å². The highest BCUT2D eigenvalue weighted by Crippen LogP contribution is 2.46. The van der Waals surface area contributed by atoms with Crippen LogP contribution in [0.15, 0.2) is 30.7 Å². The molecular weight excluding hydrogens is 496 g/mol. The van der Waals surface area contributed by atoms with Crippen LogP contribution in [0.3, 0.4) is 0 Å². The molecule has 6 rings (SSSR count). The van der Waals surface area contributed by atoms with Gasteiger partial charge in [-0.15, -0.1) is 0 Å². The summed E-state index contributed by atoms with van der Waals surface area (Å²) in [7, 11) is 0. The van der Waals surface area contributed by atoms with E-state index >= 15 is 0 Å². The first-order valence-electron chi connectivity index (χ1n) is 15.2. The molecule has 0 bridgehead atoms. The summed E-state index contributed by atoms with van der Waals surface area (Å²) in [5.41, 5.74) is 8.73. The van der Waals surface area contributed by atoms with E-state index in [1.165, 1.54) is 54.3 Å². The molecule has 4 heterocycles. The molecule has 2 aliphatic carbocycles. The van der Waals surface area contributed by atoms with Crippen molar-refractivity contribution in [2.75, 3.05) is 0 Å². The average Bonchev–Trinajstić information content (AvgIpc) is 3.28. The lowest BCUT2D eigenvalue weighted by Gasteiger charge is -2.36. The van der Waals surface area contributed by atoms with Crippen LogP contribution in [0.1, 0.15) is 105 Å². The molecule has 0 spiro atoms. The number of hydrogen-bond donors (Lipinski definition) is 2. The van der Waals surface area contributed by atoms with Crippen molar-refractivity contribution in [3.63, 3.8) is 0 Å². The first-order valence-corrected chi connectivity index (χ1v) is 15.2. The van der Waals surface area contributed by atoms with E-state index in [0.29, 0.717) is 48.4 Å². The number of aryl methyl sites for hydroxylation is 2. The minimum Gasteiger partial charge on any atom is -0.343 e. The largest absolute Gasteiger partial charge is 0.343 e.